The molecule has 1 unspecified atom stereocenters. The van der Waals surface area contributed by atoms with E-state index in [2.05, 4.69) is 40.7 Å². The second-order valence-corrected chi connectivity index (χ2v) is 4.02. The highest BCUT2D eigenvalue weighted by Crippen LogP contribution is 2.35. The fraction of sp³-hybridized carbons (Fsp3) is 0.250. The Hall–Kier alpha value is -1.77. The average molecular weight is 199 g/mol. The van der Waals surface area contributed by atoms with E-state index in [1.165, 1.54) is 16.8 Å². The number of fused-ring (bicyclic) bond motifs is 3. The van der Waals surface area contributed by atoms with Gasteiger partial charge in [-0.05, 0) is 38.1 Å². The largest absolute Gasteiger partial charge is 0.364 e. The van der Waals surface area contributed by atoms with Crippen molar-refractivity contribution in [2.75, 3.05) is 10.6 Å². The van der Waals surface area contributed by atoms with Crippen molar-refractivity contribution >= 4 is 22.3 Å². The number of benzene rings is 1. The van der Waals surface area contributed by atoms with E-state index >= 15 is 0 Å². The highest BCUT2D eigenvalue weighted by molar-refractivity contribution is 6.00. The van der Waals surface area contributed by atoms with Crippen LogP contribution in [0.15, 0.2) is 24.3 Å². The van der Waals surface area contributed by atoms with Crippen LogP contribution in [0.2, 0.25) is 0 Å². The lowest BCUT2D eigenvalue weighted by Gasteiger charge is -2.05. The fourth-order valence-electron chi connectivity index (χ4n) is 2.07. The number of nitrogens with zero attached hydrogens (tertiary/aromatic N) is 1. The zero-order chi connectivity index (χ0) is 10.4. The maximum absolute atomic E-state index is 4.51. The smallest absolute Gasteiger partial charge is 0.0936 e. The molecule has 0 radical (unpaired) electrons. The lowest BCUT2D eigenvalue weighted by molar-refractivity contribution is 0.956. The van der Waals surface area contributed by atoms with Gasteiger partial charge in [-0.2, -0.15) is 0 Å². The maximum Gasteiger partial charge on any atom is 0.0936 e. The molecule has 0 bridgehead atoms. The molecule has 2 N–H and O–H groups in total. The molecule has 1 aromatic heterocycles. The topological polar surface area (TPSA) is 37.0 Å². The summed E-state index contributed by atoms with van der Waals surface area (Å²) in [6, 6.07) is 8.32. The number of hydrogen-bond acceptors (Lipinski definition) is 3. The molecule has 76 valence electrons. The number of anilines is 2. The number of aromatic nitrogens is 1. The number of pyridine rings is 1. The third-order valence-corrected chi connectivity index (χ3v) is 2.74. The van der Waals surface area contributed by atoms with Crippen molar-refractivity contribution in [2.24, 2.45) is 0 Å². The SMILES string of the molecule is Cc1ccc2c3c(ccc2n1)NC(C)N3. The summed E-state index contributed by atoms with van der Waals surface area (Å²) in [5.74, 6) is 0. The molecule has 0 fully saturated rings. The Labute approximate surface area is 88.5 Å². The molecule has 3 nitrogen and oxygen atoms in total. The van der Waals surface area contributed by atoms with Gasteiger partial charge in [0.15, 0.2) is 0 Å². The molecule has 0 spiro atoms. The van der Waals surface area contributed by atoms with Gasteiger partial charge < -0.3 is 10.6 Å². The van der Waals surface area contributed by atoms with Crippen molar-refractivity contribution < 1.29 is 0 Å². The average Bonchev–Trinajstić information content (AvgIpc) is 2.58. The van der Waals surface area contributed by atoms with Gasteiger partial charge in [0, 0.05) is 11.1 Å². The van der Waals surface area contributed by atoms with Crippen LogP contribution < -0.4 is 10.6 Å². The predicted octanol–water partition coefficient (Wildman–Crippen LogP) is 2.73. The third-order valence-electron chi connectivity index (χ3n) is 2.74. The second kappa shape index (κ2) is 2.86. The molecule has 1 atom stereocenters. The number of aryl methyl sites for hydroxylation is 1. The molecule has 2 heterocycles. The van der Waals surface area contributed by atoms with Gasteiger partial charge in [-0.3, -0.25) is 4.98 Å². The van der Waals surface area contributed by atoms with Gasteiger partial charge in [0.25, 0.3) is 0 Å². The van der Waals surface area contributed by atoms with Crippen molar-refractivity contribution in [1.29, 1.82) is 0 Å². The Bertz CT molecular complexity index is 534. The van der Waals surface area contributed by atoms with Crippen LogP contribution in [0.25, 0.3) is 10.9 Å². The number of nitrogens with one attached hydrogen (secondary N) is 2. The standard InChI is InChI=1S/C12H13N3/c1-7-3-4-9-10(13-7)5-6-11-12(9)15-8(2)14-11/h3-6,8,14-15H,1-2H3. The quantitative estimate of drug-likeness (QED) is 0.685. The Morgan fingerprint density at radius 3 is 2.87 bits per heavy atom. The molecule has 3 heteroatoms. The van der Waals surface area contributed by atoms with Gasteiger partial charge in [-0.15, -0.1) is 0 Å². The van der Waals surface area contributed by atoms with E-state index in [1.807, 2.05) is 13.0 Å². The lowest BCUT2D eigenvalue weighted by atomic mass is 10.1. The molecule has 1 aliphatic heterocycles. The van der Waals surface area contributed by atoms with E-state index in [0.717, 1.165) is 11.2 Å². The summed E-state index contributed by atoms with van der Waals surface area (Å²) in [4.78, 5) is 4.51. The second-order valence-electron chi connectivity index (χ2n) is 4.02. The molecule has 1 aliphatic rings. The predicted molar refractivity (Wildman–Crippen MR) is 63.2 cm³/mol. The molecule has 0 aliphatic carbocycles. The molecular formula is C12H13N3. The highest BCUT2D eigenvalue weighted by Gasteiger charge is 2.17. The Morgan fingerprint density at radius 2 is 2.00 bits per heavy atom. The fourth-order valence-corrected chi connectivity index (χ4v) is 2.07. The third kappa shape index (κ3) is 1.23. The van der Waals surface area contributed by atoms with Gasteiger partial charge in [-0.25, -0.2) is 0 Å². The summed E-state index contributed by atoms with van der Waals surface area (Å²) < 4.78 is 0. The summed E-state index contributed by atoms with van der Waals surface area (Å²) >= 11 is 0. The summed E-state index contributed by atoms with van der Waals surface area (Å²) in [5, 5.41) is 7.96. The molecule has 0 saturated heterocycles. The van der Waals surface area contributed by atoms with E-state index in [1.54, 1.807) is 0 Å². The molecule has 15 heavy (non-hydrogen) atoms. The zero-order valence-electron chi connectivity index (χ0n) is 8.83. The monoisotopic (exact) mass is 199 g/mol. The van der Waals surface area contributed by atoms with Crippen LogP contribution in [0.4, 0.5) is 11.4 Å². The van der Waals surface area contributed by atoms with Crippen molar-refractivity contribution in [3.8, 4) is 0 Å². The van der Waals surface area contributed by atoms with Crippen molar-refractivity contribution in [3.05, 3.63) is 30.0 Å². The van der Waals surface area contributed by atoms with Crippen molar-refractivity contribution in [1.82, 2.24) is 4.98 Å². The first-order chi connectivity index (χ1) is 7.24. The minimum atomic E-state index is 0.298. The zero-order valence-corrected chi connectivity index (χ0v) is 8.83. The Kier molecular flexibility index (Phi) is 1.63. The summed E-state index contributed by atoms with van der Waals surface area (Å²) in [5.41, 5.74) is 4.45. The minimum Gasteiger partial charge on any atom is -0.364 e. The number of hydrogen-bond donors (Lipinski definition) is 2. The van der Waals surface area contributed by atoms with Gasteiger partial charge in [0.2, 0.25) is 0 Å². The molecule has 2 aromatic rings. The molecule has 1 aromatic carbocycles. The maximum atomic E-state index is 4.51. The molecule has 0 amide bonds. The normalized spacial score (nSPS) is 18.4. The summed E-state index contributed by atoms with van der Waals surface area (Å²) in [6.07, 6.45) is 0.298. The van der Waals surface area contributed by atoms with E-state index in [9.17, 15) is 0 Å². The lowest BCUT2D eigenvalue weighted by Crippen LogP contribution is -2.16. The summed E-state index contributed by atoms with van der Waals surface area (Å²) in [7, 11) is 0. The van der Waals surface area contributed by atoms with Gasteiger partial charge in [0.05, 0.1) is 23.1 Å². The van der Waals surface area contributed by atoms with E-state index in [4.69, 9.17) is 0 Å². The molecule has 0 saturated carbocycles. The van der Waals surface area contributed by atoms with Crippen LogP contribution in [0, 0.1) is 6.92 Å². The first kappa shape index (κ1) is 8.53. The van der Waals surface area contributed by atoms with E-state index in [0.29, 0.717) is 6.17 Å². The molecule has 3 rings (SSSR count). The Balaban J connectivity index is 2.31. The van der Waals surface area contributed by atoms with Crippen LogP contribution in [0.3, 0.4) is 0 Å². The van der Waals surface area contributed by atoms with Crippen LogP contribution in [-0.4, -0.2) is 11.1 Å². The van der Waals surface area contributed by atoms with Crippen molar-refractivity contribution in [2.45, 2.75) is 20.0 Å². The number of rotatable bonds is 0. The summed E-state index contributed by atoms with van der Waals surface area (Å²) in [6.45, 7) is 4.12. The Morgan fingerprint density at radius 1 is 1.13 bits per heavy atom. The van der Waals surface area contributed by atoms with Crippen LogP contribution >= 0.6 is 0 Å². The van der Waals surface area contributed by atoms with E-state index in [-0.39, 0.29) is 0 Å². The minimum absolute atomic E-state index is 0.298. The first-order valence-corrected chi connectivity index (χ1v) is 5.17. The first-order valence-electron chi connectivity index (χ1n) is 5.17. The van der Waals surface area contributed by atoms with Crippen LogP contribution in [0.1, 0.15) is 12.6 Å². The van der Waals surface area contributed by atoms with Crippen LogP contribution in [-0.2, 0) is 0 Å². The van der Waals surface area contributed by atoms with Gasteiger partial charge >= 0.3 is 0 Å². The van der Waals surface area contributed by atoms with Gasteiger partial charge in [-0.1, -0.05) is 0 Å². The van der Waals surface area contributed by atoms with Crippen LogP contribution in [0.5, 0.6) is 0 Å². The van der Waals surface area contributed by atoms with Gasteiger partial charge in [0.1, 0.15) is 0 Å². The molecular weight excluding hydrogens is 186 g/mol. The highest BCUT2D eigenvalue weighted by atomic mass is 15.2. The van der Waals surface area contributed by atoms with E-state index < -0.39 is 0 Å². The van der Waals surface area contributed by atoms with Crippen molar-refractivity contribution in [3.63, 3.8) is 0 Å².